The molecule has 1 aromatic rings. The average molecular weight is 220 g/mol. The van der Waals surface area contributed by atoms with Crippen LogP contribution in [0.4, 0.5) is 0 Å². The zero-order valence-electron chi connectivity index (χ0n) is 10.2. The van der Waals surface area contributed by atoms with Gasteiger partial charge in [-0.3, -0.25) is 4.68 Å². The number of rotatable bonds is 2. The summed E-state index contributed by atoms with van der Waals surface area (Å²) in [5.74, 6) is 0.911. The van der Waals surface area contributed by atoms with E-state index in [1.165, 1.54) is 5.57 Å². The second-order valence-electron chi connectivity index (χ2n) is 5.08. The predicted molar refractivity (Wildman–Crippen MR) is 63.8 cm³/mol. The van der Waals surface area contributed by atoms with E-state index in [2.05, 4.69) is 25.0 Å². The van der Waals surface area contributed by atoms with Crippen molar-refractivity contribution in [1.82, 2.24) is 9.78 Å². The second kappa shape index (κ2) is 4.42. The van der Waals surface area contributed by atoms with Crippen molar-refractivity contribution >= 4 is 0 Å². The molecule has 3 atom stereocenters. The lowest BCUT2D eigenvalue weighted by molar-refractivity contribution is 0.0932. The quantitative estimate of drug-likeness (QED) is 0.777. The molecular weight excluding hydrogens is 200 g/mol. The third-order valence-electron chi connectivity index (χ3n) is 3.34. The molecule has 0 spiro atoms. The van der Waals surface area contributed by atoms with Crippen molar-refractivity contribution in [3.63, 3.8) is 0 Å². The number of aliphatic hydroxyl groups is 1. The van der Waals surface area contributed by atoms with Gasteiger partial charge in [-0.1, -0.05) is 18.6 Å². The minimum absolute atomic E-state index is 0.337. The van der Waals surface area contributed by atoms with E-state index in [9.17, 15) is 5.11 Å². The summed E-state index contributed by atoms with van der Waals surface area (Å²) < 4.78 is 1.74. The zero-order chi connectivity index (χ0) is 11.7. The summed E-state index contributed by atoms with van der Waals surface area (Å²) in [6.07, 6.45) is 7.67. The van der Waals surface area contributed by atoms with Gasteiger partial charge in [-0.15, -0.1) is 0 Å². The Kier molecular flexibility index (Phi) is 3.15. The van der Waals surface area contributed by atoms with Gasteiger partial charge >= 0.3 is 0 Å². The monoisotopic (exact) mass is 220 g/mol. The molecule has 16 heavy (non-hydrogen) atoms. The number of nitrogens with zero attached hydrogens (tertiary/aromatic N) is 2. The van der Waals surface area contributed by atoms with Crippen LogP contribution in [0.15, 0.2) is 24.0 Å². The highest BCUT2D eigenvalue weighted by Crippen LogP contribution is 2.36. The Bertz CT molecular complexity index is 394. The number of aromatic nitrogens is 2. The van der Waals surface area contributed by atoms with Crippen molar-refractivity contribution in [2.75, 3.05) is 0 Å². The number of aryl methyl sites for hydroxylation is 1. The van der Waals surface area contributed by atoms with E-state index >= 15 is 0 Å². The molecule has 2 rings (SSSR count). The molecule has 3 nitrogen and oxygen atoms in total. The average Bonchev–Trinajstić information content (AvgIpc) is 2.62. The lowest BCUT2D eigenvalue weighted by Gasteiger charge is -2.28. The Morgan fingerprint density at radius 1 is 1.56 bits per heavy atom. The van der Waals surface area contributed by atoms with Crippen LogP contribution in [0.1, 0.15) is 38.4 Å². The normalized spacial score (nSPS) is 27.6. The number of allylic oxidation sites excluding steroid dienone is 2. The maximum Gasteiger partial charge on any atom is 0.0851 e. The SMILES string of the molecule is CC1=CC(C)CC(C(O)c2cnn(C)c2)C1. The molecule has 1 aliphatic rings. The molecule has 0 bridgehead atoms. The van der Waals surface area contributed by atoms with E-state index in [4.69, 9.17) is 0 Å². The van der Waals surface area contributed by atoms with Gasteiger partial charge in [0, 0.05) is 18.8 Å². The molecule has 1 aromatic heterocycles. The standard InChI is InChI=1S/C13H20N2O/c1-9-4-10(2)6-11(5-9)13(16)12-7-14-15(3)8-12/h4,7-9,11,13,16H,5-6H2,1-3H3. The fourth-order valence-electron chi connectivity index (χ4n) is 2.70. The van der Waals surface area contributed by atoms with Gasteiger partial charge in [0.05, 0.1) is 12.3 Å². The first kappa shape index (κ1) is 11.4. The molecule has 1 aliphatic carbocycles. The molecule has 0 fully saturated rings. The van der Waals surface area contributed by atoms with Gasteiger partial charge in [0.25, 0.3) is 0 Å². The molecule has 3 unspecified atom stereocenters. The fraction of sp³-hybridized carbons (Fsp3) is 0.615. The molecule has 88 valence electrons. The maximum absolute atomic E-state index is 10.3. The van der Waals surface area contributed by atoms with E-state index in [0.29, 0.717) is 11.8 Å². The minimum atomic E-state index is -0.375. The third kappa shape index (κ3) is 2.35. The summed E-state index contributed by atoms with van der Waals surface area (Å²) in [5.41, 5.74) is 2.33. The van der Waals surface area contributed by atoms with Gasteiger partial charge in [-0.05, 0) is 31.6 Å². The molecule has 1 heterocycles. The van der Waals surface area contributed by atoms with E-state index < -0.39 is 0 Å². The van der Waals surface area contributed by atoms with Gasteiger partial charge in [-0.25, -0.2) is 0 Å². The molecule has 0 aliphatic heterocycles. The van der Waals surface area contributed by atoms with Crippen LogP contribution in [0, 0.1) is 11.8 Å². The fourth-order valence-corrected chi connectivity index (χ4v) is 2.70. The van der Waals surface area contributed by atoms with Gasteiger partial charge in [0.2, 0.25) is 0 Å². The molecule has 0 amide bonds. The highest BCUT2D eigenvalue weighted by molar-refractivity contribution is 5.14. The Labute approximate surface area is 96.8 Å². The molecule has 0 aromatic carbocycles. The van der Waals surface area contributed by atoms with E-state index in [1.54, 1.807) is 10.9 Å². The maximum atomic E-state index is 10.3. The zero-order valence-corrected chi connectivity index (χ0v) is 10.2. The Morgan fingerprint density at radius 3 is 2.88 bits per heavy atom. The van der Waals surface area contributed by atoms with Crippen LogP contribution in [0.25, 0.3) is 0 Å². The Balaban J connectivity index is 2.11. The van der Waals surface area contributed by atoms with Crippen LogP contribution < -0.4 is 0 Å². The summed E-state index contributed by atoms with van der Waals surface area (Å²) in [4.78, 5) is 0. The molecular formula is C13H20N2O. The molecule has 1 N–H and O–H groups in total. The molecule has 0 saturated heterocycles. The van der Waals surface area contributed by atoms with E-state index in [1.807, 2.05) is 13.2 Å². The van der Waals surface area contributed by atoms with Crippen LogP contribution in [0.5, 0.6) is 0 Å². The number of hydrogen-bond donors (Lipinski definition) is 1. The van der Waals surface area contributed by atoms with Gasteiger partial charge in [0.15, 0.2) is 0 Å². The first-order chi connectivity index (χ1) is 7.56. The smallest absolute Gasteiger partial charge is 0.0851 e. The van der Waals surface area contributed by atoms with Crippen LogP contribution in [-0.2, 0) is 7.05 Å². The predicted octanol–water partition coefficient (Wildman–Crippen LogP) is 2.45. The molecule has 3 heteroatoms. The second-order valence-corrected chi connectivity index (χ2v) is 5.08. The lowest BCUT2D eigenvalue weighted by atomic mass is 9.79. The summed E-state index contributed by atoms with van der Waals surface area (Å²) in [5, 5.41) is 14.4. The lowest BCUT2D eigenvalue weighted by Crippen LogP contribution is -2.19. The molecule has 0 saturated carbocycles. The molecule has 0 radical (unpaired) electrons. The minimum Gasteiger partial charge on any atom is -0.388 e. The van der Waals surface area contributed by atoms with Gasteiger partial charge in [-0.2, -0.15) is 5.10 Å². The summed E-state index contributed by atoms with van der Waals surface area (Å²) in [6.45, 7) is 4.37. The summed E-state index contributed by atoms with van der Waals surface area (Å²) >= 11 is 0. The van der Waals surface area contributed by atoms with Gasteiger partial charge < -0.3 is 5.11 Å². The van der Waals surface area contributed by atoms with Crippen molar-refractivity contribution in [2.24, 2.45) is 18.9 Å². The van der Waals surface area contributed by atoms with E-state index in [-0.39, 0.29) is 6.10 Å². The number of hydrogen-bond acceptors (Lipinski definition) is 2. The Morgan fingerprint density at radius 2 is 2.31 bits per heavy atom. The first-order valence-corrected chi connectivity index (χ1v) is 5.90. The van der Waals surface area contributed by atoms with Gasteiger partial charge in [0.1, 0.15) is 0 Å². The van der Waals surface area contributed by atoms with Crippen molar-refractivity contribution in [1.29, 1.82) is 0 Å². The van der Waals surface area contributed by atoms with Crippen molar-refractivity contribution in [2.45, 2.75) is 32.8 Å². The van der Waals surface area contributed by atoms with E-state index in [0.717, 1.165) is 18.4 Å². The highest BCUT2D eigenvalue weighted by Gasteiger charge is 2.26. The van der Waals surface area contributed by atoms with Crippen LogP contribution in [0.3, 0.4) is 0 Å². The largest absolute Gasteiger partial charge is 0.388 e. The van der Waals surface area contributed by atoms with Crippen LogP contribution in [0.2, 0.25) is 0 Å². The van der Waals surface area contributed by atoms with Crippen molar-refractivity contribution < 1.29 is 5.11 Å². The van der Waals surface area contributed by atoms with Crippen LogP contribution >= 0.6 is 0 Å². The summed E-state index contributed by atoms with van der Waals surface area (Å²) in [7, 11) is 1.88. The van der Waals surface area contributed by atoms with Crippen molar-refractivity contribution in [3.8, 4) is 0 Å². The highest BCUT2D eigenvalue weighted by atomic mass is 16.3. The topological polar surface area (TPSA) is 38.1 Å². The first-order valence-electron chi connectivity index (χ1n) is 5.90. The Hall–Kier alpha value is -1.09. The summed E-state index contributed by atoms with van der Waals surface area (Å²) in [6, 6.07) is 0. The number of aliphatic hydroxyl groups excluding tert-OH is 1. The third-order valence-corrected chi connectivity index (χ3v) is 3.34. The van der Waals surface area contributed by atoms with Crippen molar-refractivity contribution in [3.05, 3.63) is 29.6 Å². The van der Waals surface area contributed by atoms with Crippen LogP contribution in [-0.4, -0.2) is 14.9 Å².